The number of amides is 1. The van der Waals surface area contributed by atoms with Gasteiger partial charge in [0.1, 0.15) is 0 Å². The Morgan fingerprint density at radius 1 is 1.05 bits per heavy atom. The predicted molar refractivity (Wildman–Crippen MR) is 155 cm³/mol. The molecule has 3 N–H and O–H groups in total. The molecule has 1 unspecified atom stereocenters. The number of carboxylic acid groups (broad SMARTS) is 1. The molecule has 39 heavy (non-hydrogen) atoms. The zero-order chi connectivity index (χ0) is 27.6. The Labute approximate surface area is 230 Å². The van der Waals surface area contributed by atoms with Crippen molar-refractivity contribution >= 4 is 34.4 Å². The summed E-state index contributed by atoms with van der Waals surface area (Å²) in [6.45, 7) is 11.4. The van der Waals surface area contributed by atoms with E-state index in [-0.39, 0.29) is 11.5 Å². The van der Waals surface area contributed by atoms with Gasteiger partial charge in [0.05, 0.1) is 11.6 Å². The highest BCUT2D eigenvalue weighted by Crippen LogP contribution is 2.37. The van der Waals surface area contributed by atoms with Crippen LogP contribution in [0, 0.1) is 17.3 Å². The van der Waals surface area contributed by atoms with Gasteiger partial charge in [-0.2, -0.15) is 10.1 Å². The maximum absolute atomic E-state index is 11.4. The third-order valence-electron chi connectivity index (χ3n) is 8.37. The van der Waals surface area contributed by atoms with Crippen LogP contribution in [0.4, 0.5) is 22.1 Å². The number of piperazine rings is 1. The Morgan fingerprint density at radius 2 is 1.74 bits per heavy atom. The molecule has 1 atom stereocenters. The molecule has 1 saturated carbocycles. The molecule has 1 aliphatic heterocycles. The summed E-state index contributed by atoms with van der Waals surface area (Å²) >= 11 is 0. The summed E-state index contributed by atoms with van der Waals surface area (Å²) in [6, 6.07) is 8.44. The van der Waals surface area contributed by atoms with Crippen molar-refractivity contribution in [1.82, 2.24) is 30.0 Å². The minimum Gasteiger partial charge on any atom is -0.465 e. The lowest BCUT2D eigenvalue weighted by Gasteiger charge is -2.40. The van der Waals surface area contributed by atoms with E-state index in [1.165, 1.54) is 5.69 Å². The van der Waals surface area contributed by atoms with E-state index in [0.717, 1.165) is 75.1 Å². The van der Waals surface area contributed by atoms with Crippen molar-refractivity contribution in [3.8, 4) is 0 Å². The fourth-order valence-corrected chi connectivity index (χ4v) is 6.13. The molecule has 1 amide bonds. The number of anilines is 3. The Hall–Kier alpha value is -3.40. The summed E-state index contributed by atoms with van der Waals surface area (Å²) < 4.78 is 2.00. The molecule has 1 aliphatic carbocycles. The quantitative estimate of drug-likeness (QED) is 0.396. The van der Waals surface area contributed by atoms with Gasteiger partial charge in [0, 0.05) is 56.3 Å². The number of hydrogen-bond donors (Lipinski definition) is 3. The van der Waals surface area contributed by atoms with E-state index >= 15 is 0 Å². The largest absolute Gasteiger partial charge is 0.465 e. The number of likely N-dealkylation sites (N-methyl/N-ethyl adjacent to an activating group) is 1. The Balaban J connectivity index is 1.21. The van der Waals surface area contributed by atoms with Gasteiger partial charge in [-0.25, -0.2) is 14.5 Å². The average molecular weight is 535 g/mol. The first-order valence-electron chi connectivity index (χ1n) is 14.1. The van der Waals surface area contributed by atoms with E-state index in [1.54, 1.807) is 0 Å². The smallest absolute Gasteiger partial charge is 0.404 e. The van der Waals surface area contributed by atoms with Gasteiger partial charge in [0.25, 0.3) is 0 Å². The first kappa shape index (κ1) is 27.2. The third kappa shape index (κ3) is 6.61. The van der Waals surface area contributed by atoms with Crippen LogP contribution in [-0.4, -0.2) is 75.1 Å². The summed E-state index contributed by atoms with van der Waals surface area (Å²) in [5, 5.41) is 21.1. The van der Waals surface area contributed by atoms with E-state index in [1.807, 2.05) is 17.1 Å². The number of aromatic nitrogens is 4. The zero-order valence-corrected chi connectivity index (χ0v) is 23.6. The monoisotopic (exact) mass is 534 g/mol. The Bertz CT molecular complexity index is 1250. The lowest BCUT2D eigenvalue weighted by molar-refractivity contribution is 0.121. The molecule has 0 radical (unpaired) electrons. The SMILES string of the molecule is CN1CCN(c2ccc(Nc3ncc4cnn(CC5CCC(C(NC(=O)O)C(C)(C)C)CC5)c4n3)cc2)CC1. The van der Waals surface area contributed by atoms with Crippen molar-refractivity contribution in [1.29, 1.82) is 0 Å². The summed E-state index contributed by atoms with van der Waals surface area (Å²) in [5.41, 5.74) is 2.92. The van der Waals surface area contributed by atoms with E-state index < -0.39 is 6.09 Å². The third-order valence-corrected chi connectivity index (χ3v) is 8.37. The zero-order valence-electron chi connectivity index (χ0n) is 23.6. The van der Waals surface area contributed by atoms with Crippen molar-refractivity contribution < 1.29 is 9.90 Å². The van der Waals surface area contributed by atoms with Crippen LogP contribution in [-0.2, 0) is 6.54 Å². The molecule has 2 fully saturated rings. The molecule has 2 aliphatic rings. The highest BCUT2D eigenvalue weighted by atomic mass is 16.4. The van der Waals surface area contributed by atoms with Gasteiger partial charge >= 0.3 is 6.09 Å². The van der Waals surface area contributed by atoms with Gasteiger partial charge < -0.3 is 25.5 Å². The number of carbonyl (C=O) groups is 1. The fraction of sp³-hybridized carbons (Fsp3) is 0.586. The average Bonchev–Trinajstić information content (AvgIpc) is 3.30. The minimum atomic E-state index is -0.935. The van der Waals surface area contributed by atoms with E-state index in [2.05, 4.69) is 82.6 Å². The first-order valence-corrected chi connectivity index (χ1v) is 14.1. The molecular weight excluding hydrogens is 492 g/mol. The summed E-state index contributed by atoms with van der Waals surface area (Å²) in [5.74, 6) is 1.41. The Kier molecular flexibility index (Phi) is 7.93. The number of nitrogens with zero attached hydrogens (tertiary/aromatic N) is 6. The molecular formula is C29H42N8O2. The number of hydrogen-bond acceptors (Lipinski definition) is 7. The fourth-order valence-electron chi connectivity index (χ4n) is 6.13. The molecule has 3 aromatic rings. The molecule has 0 spiro atoms. The van der Waals surface area contributed by atoms with E-state index in [0.29, 0.717) is 17.8 Å². The molecule has 1 aromatic carbocycles. The predicted octanol–water partition coefficient (Wildman–Crippen LogP) is 4.81. The summed E-state index contributed by atoms with van der Waals surface area (Å²) in [7, 11) is 2.17. The minimum absolute atomic E-state index is 0.0431. The van der Waals surface area contributed by atoms with Crippen molar-refractivity contribution in [2.24, 2.45) is 17.3 Å². The number of nitrogens with one attached hydrogen (secondary N) is 2. The first-order chi connectivity index (χ1) is 18.7. The lowest BCUT2D eigenvalue weighted by atomic mass is 9.71. The highest BCUT2D eigenvalue weighted by Gasteiger charge is 2.36. The second-order valence-corrected chi connectivity index (χ2v) is 12.3. The van der Waals surface area contributed by atoms with Crippen LogP contribution >= 0.6 is 0 Å². The number of benzene rings is 1. The van der Waals surface area contributed by atoms with Crippen LogP contribution in [0.2, 0.25) is 0 Å². The van der Waals surface area contributed by atoms with Crippen LogP contribution in [0.1, 0.15) is 46.5 Å². The van der Waals surface area contributed by atoms with E-state index in [4.69, 9.17) is 4.98 Å². The van der Waals surface area contributed by atoms with Gasteiger partial charge in [-0.05, 0) is 74.2 Å². The molecule has 3 heterocycles. The highest BCUT2D eigenvalue weighted by molar-refractivity contribution is 5.75. The van der Waals surface area contributed by atoms with Crippen molar-refractivity contribution in [3.63, 3.8) is 0 Å². The molecule has 5 rings (SSSR count). The standard InChI is InChI=1S/C29H42N8O2/c1-29(2,3)25(33-28(38)39)21-7-5-20(6-8-21)19-37-26-22(18-31-37)17-30-27(34-26)32-23-9-11-24(12-10-23)36-15-13-35(4)14-16-36/h9-12,17-18,20-21,25,33H,5-8,13-16,19H2,1-4H3,(H,38,39)(H,30,32,34). The van der Waals surface area contributed by atoms with Crippen molar-refractivity contribution in [2.45, 2.75) is 59.0 Å². The normalized spacial score (nSPS) is 21.6. The molecule has 10 heteroatoms. The van der Waals surface area contributed by atoms with Gasteiger partial charge in [0.2, 0.25) is 5.95 Å². The van der Waals surface area contributed by atoms with Gasteiger partial charge in [0.15, 0.2) is 5.65 Å². The van der Waals surface area contributed by atoms with Crippen LogP contribution < -0.4 is 15.5 Å². The second kappa shape index (κ2) is 11.4. The van der Waals surface area contributed by atoms with E-state index in [9.17, 15) is 9.90 Å². The summed E-state index contributed by atoms with van der Waals surface area (Å²) in [6.07, 6.45) is 6.86. The second-order valence-electron chi connectivity index (χ2n) is 12.3. The lowest BCUT2D eigenvalue weighted by Crippen LogP contribution is -2.49. The van der Waals surface area contributed by atoms with Crippen LogP contribution in [0.5, 0.6) is 0 Å². The topological polar surface area (TPSA) is 111 Å². The summed E-state index contributed by atoms with van der Waals surface area (Å²) in [4.78, 5) is 25.5. The Morgan fingerprint density at radius 3 is 2.38 bits per heavy atom. The van der Waals surface area contributed by atoms with Crippen molar-refractivity contribution in [3.05, 3.63) is 36.7 Å². The van der Waals surface area contributed by atoms with Gasteiger partial charge in [-0.15, -0.1) is 0 Å². The van der Waals surface area contributed by atoms with Gasteiger partial charge in [-0.3, -0.25) is 0 Å². The molecule has 10 nitrogen and oxygen atoms in total. The molecule has 2 aromatic heterocycles. The maximum Gasteiger partial charge on any atom is 0.404 e. The van der Waals surface area contributed by atoms with Crippen molar-refractivity contribution in [2.75, 3.05) is 43.4 Å². The van der Waals surface area contributed by atoms with Crippen LogP contribution in [0.3, 0.4) is 0 Å². The molecule has 1 saturated heterocycles. The van der Waals surface area contributed by atoms with Gasteiger partial charge in [-0.1, -0.05) is 20.8 Å². The van der Waals surface area contributed by atoms with Crippen LogP contribution in [0.25, 0.3) is 11.0 Å². The maximum atomic E-state index is 11.4. The number of rotatable bonds is 7. The molecule has 0 bridgehead atoms. The molecule has 210 valence electrons. The number of fused-ring (bicyclic) bond motifs is 1. The van der Waals surface area contributed by atoms with Crippen LogP contribution in [0.15, 0.2) is 36.7 Å².